The molecule has 2 N–H and O–H groups in total. The minimum Gasteiger partial charge on any atom is -0.465 e. The molecule has 0 rings (SSSR count). The van der Waals surface area contributed by atoms with Crippen LogP contribution < -0.4 is 0 Å². The molecule has 18 heavy (non-hydrogen) atoms. The van der Waals surface area contributed by atoms with Crippen molar-refractivity contribution in [2.75, 3.05) is 26.4 Å². The fourth-order valence-electron chi connectivity index (χ4n) is 1.44. The Morgan fingerprint density at radius 2 is 1.78 bits per heavy atom. The minimum absolute atomic E-state index is 0.0796. The molecule has 0 atom stereocenters. The van der Waals surface area contributed by atoms with Crippen molar-refractivity contribution in [1.82, 2.24) is 4.90 Å². The molecule has 0 radical (unpaired) electrons. The predicted octanol–water partition coefficient (Wildman–Crippen LogP) is 2.19. The number of ether oxygens (including phenoxy) is 1. The Morgan fingerprint density at radius 3 is 2.17 bits per heavy atom. The van der Waals surface area contributed by atoms with Gasteiger partial charge >= 0.3 is 6.09 Å². The van der Waals surface area contributed by atoms with Gasteiger partial charge in [0.25, 0.3) is 0 Å². The zero-order valence-corrected chi connectivity index (χ0v) is 12.2. The van der Waals surface area contributed by atoms with Gasteiger partial charge in [-0.25, -0.2) is 4.79 Å². The van der Waals surface area contributed by atoms with Crippen LogP contribution in [-0.4, -0.2) is 53.1 Å². The summed E-state index contributed by atoms with van der Waals surface area (Å²) in [6.07, 6.45) is -0.247. The second-order valence-electron chi connectivity index (χ2n) is 6.33. The third-order valence-electron chi connectivity index (χ3n) is 2.63. The normalized spacial score (nSPS) is 12.6. The third kappa shape index (κ3) is 6.81. The van der Waals surface area contributed by atoms with Crippen LogP contribution in [-0.2, 0) is 4.74 Å². The summed E-state index contributed by atoms with van der Waals surface area (Å²) in [6, 6.07) is 0. The van der Waals surface area contributed by atoms with E-state index in [9.17, 15) is 4.79 Å². The van der Waals surface area contributed by atoms with E-state index >= 15 is 0 Å². The molecule has 0 saturated carbocycles. The first-order valence-corrected chi connectivity index (χ1v) is 6.29. The van der Waals surface area contributed by atoms with E-state index < -0.39 is 11.6 Å². The summed E-state index contributed by atoms with van der Waals surface area (Å²) < 4.78 is 5.45. The van der Waals surface area contributed by atoms with Crippen LogP contribution in [0.4, 0.5) is 4.79 Å². The van der Waals surface area contributed by atoms with Crippen LogP contribution in [0.3, 0.4) is 0 Å². The van der Waals surface area contributed by atoms with Crippen molar-refractivity contribution in [3.8, 4) is 0 Å². The highest BCUT2D eigenvalue weighted by atomic mass is 16.5. The van der Waals surface area contributed by atoms with Crippen LogP contribution in [0, 0.1) is 5.41 Å². The molecule has 0 aliphatic heterocycles. The van der Waals surface area contributed by atoms with Crippen LogP contribution in [0.2, 0.25) is 0 Å². The number of aliphatic hydroxyl groups is 1. The molecule has 0 unspecified atom stereocenters. The van der Waals surface area contributed by atoms with Crippen molar-refractivity contribution in [3.63, 3.8) is 0 Å². The van der Waals surface area contributed by atoms with Gasteiger partial charge in [0.15, 0.2) is 0 Å². The number of nitrogens with zero attached hydrogens (tertiary/aromatic N) is 1. The second-order valence-corrected chi connectivity index (χ2v) is 6.33. The van der Waals surface area contributed by atoms with E-state index in [1.807, 2.05) is 34.6 Å². The molecule has 0 aromatic heterocycles. The first kappa shape index (κ1) is 17.2. The Kier molecular flexibility index (Phi) is 6.63. The molecule has 0 bridgehead atoms. The molecule has 0 aliphatic rings. The van der Waals surface area contributed by atoms with Gasteiger partial charge in [-0.05, 0) is 27.2 Å². The van der Waals surface area contributed by atoms with Gasteiger partial charge in [-0.15, -0.1) is 0 Å². The molecular weight excluding hydrogens is 234 g/mol. The van der Waals surface area contributed by atoms with Gasteiger partial charge in [0.05, 0.1) is 13.2 Å². The zero-order chi connectivity index (χ0) is 14.4. The van der Waals surface area contributed by atoms with Crippen LogP contribution in [0.25, 0.3) is 0 Å². The van der Waals surface area contributed by atoms with Gasteiger partial charge in [0.1, 0.15) is 0 Å². The van der Waals surface area contributed by atoms with E-state index in [0.717, 1.165) is 0 Å². The SMILES string of the molecule is CC(C)(CO)COCCCN(C(=O)O)C(C)(C)C. The van der Waals surface area contributed by atoms with Gasteiger partial charge in [-0.1, -0.05) is 13.8 Å². The molecule has 5 heteroatoms. The van der Waals surface area contributed by atoms with Gasteiger partial charge < -0.3 is 19.8 Å². The Morgan fingerprint density at radius 1 is 1.22 bits per heavy atom. The summed E-state index contributed by atoms with van der Waals surface area (Å²) in [4.78, 5) is 12.5. The monoisotopic (exact) mass is 261 g/mol. The summed E-state index contributed by atoms with van der Waals surface area (Å²) in [7, 11) is 0. The Balaban J connectivity index is 3.93. The first-order chi connectivity index (χ1) is 8.10. The van der Waals surface area contributed by atoms with E-state index in [4.69, 9.17) is 14.9 Å². The number of hydrogen-bond donors (Lipinski definition) is 2. The highest BCUT2D eigenvalue weighted by Gasteiger charge is 2.25. The Labute approximate surface area is 110 Å². The molecule has 5 nitrogen and oxygen atoms in total. The molecule has 0 aromatic carbocycles. The molecular formula is C13H27NO4. The standard InChI is InChI=1S/C13H27NO4/c1-12(2,3)14(11(16)17)7-6-8-18-10-13(4,5)9-15/h15H,6-10H2,1-5H3,(H,16,17). The van der Waals surface area contributed by atoms with E-state index in [1.165, 1.54) is 4.90 Å². The van der Waals surface area contributed by atoms with Gasteiger partial charge in [-0.3, -0.25) is 0 Å². The Hall–Kier alpha value is -0.810. The van der Waals surface area contributed by atoms with Crippen LogP contribution in [0.15, 0.2) is 0 Å². The highest BCUT2D eigenvalue weighted by Crippen LogP contribution is 2.15. The average Bonchev–Trinajstić information content (AvgIpc) is 2.20. The molecule has 0 aliphatic carbocycles. The molecule has 0 aromatic rings. The van der Waals surface area contributed by atoms with Crippen molar-refractivity contribution in [1.29, 1.82) is 0 Å². The summed E-state index contributed by atoms with van der Waals surface area (Å²) >= 11 is 0. The maximum Gasteiger partial charge on any atom is 0.407 e. The fraction of sp³-hybridized carbons (Fsp3) is 0.923. The Bertz CT molecular complexity index is 258. The quantitative estimate of drug-likeness (QED) is 0.689. The fourth-order valence-corrected chi connectivity index (χ4v) is 1.44. The van der Waals surface area contributed by atoms with Crippen molar-refractivity contribution >= 4 is 6.09 Å². The van der Waals surface area contributed by atoms with Gasteiger partial charge in [0.2, 0.25) is 0 Å². The number of hydrogen-bond acceptors (Lipinski definition) is 3. The molecule has 108 valence electrons. The first-order valence-electron chi connectivity index (χ1n) is 6.29. The number of amides is 1. The number of aliphatic hydroxyl groups excluding tert-OH is 1. The number of rotatable bonds is 7. The maximum atomic E-state index is 11.1. The second kappa shape index (κ2) is 6.95. The topological polar surface area (TPSA) is 70.0 Å². The summed E-state index contributed by atoms with van der Waals surface area (Å²) in [5, 5.41) is 18.1. The van der Waals surface area contributed by atoms with E-state index in [-0.39, 0.29) is 12.0 Å². The van der Waals surface area contributed by atoms with Crippen LogP contribution in [0.1, 0.15) is 41.0 Å². The van der Waals surface area contributed by atoms with E-state index in [2.05, 4.69) is 0 Å². The van der Waals surface area contributed by atoms with Crippen molar-refractivity contribution < 1.29 is 19.7 Å². The molecule has 0 heterocycles. The summed E-state index contributed by atoms with van der Waals surface area (Å²) in [5.74, 6) is 0. The largest absolute Gasteiger partial charge is 0.465 e. The van der Waals surface area contributed by atoms with Crippen molar-refractivity contribution in [2.24, 2.45) is 5.41 Å². The highest BCUT2D eigenvalue weighted by molar-refractivity contribution is 5.65. The minimum atomic E-state index is -0.904. The van der Waals surface area contributed by atoms with Gasteiger partial charge in [0, 0.05) is 24.1 Å². The van der Waals surface area contributed by atoms with Crippen LogP contribution >= 0.6 is 0 Å². The lowest BCUT2D eigenvalue weighted by Crippen LogP contribution is -2.45. The van der Waals surface area contributed by atoms with E-state index in [0.29, 0.717) is 26.2 Å². The van der Waals surface area contributed by atoms with E-state index in [1.54, 1.807) is 0 Å². The molecule has 1 amide bonds. The lowest BCUT2D eigenvalue weighted by Gasteiger charge is -2.33. The molecule has 0 spiro atoms. The van der Waals surface area contributed by atoms with Crippen molar-refractivity contribution in [2.45, 2.75) is 46.6 Å². The number of carboxylic acid groups (broad SMARTS) is 1. The van der Waals surface area contributed by atoms with Crippen LogP contribution in [0.5, 0.6) is 0 Å². The molecule has 0 saturated heterocycles. The smallest absolute Gasteiger partial charge is 0.407 e. The predicted molar refractivity (Wildman–Crippen MR) is 70.8 cm³/mol. The number of carbonyl (C=O) groups is 1. The lowest BCUT2D eigenvalue weighted by molar-refractivity contribution is 0.0217. The zero-order valence-electron chi connectivity index (χ0n) is 12.2. The van der Waals surface area contributed by atoms with Crippen molar-refractivity contribution in [3.05, 3.63) is 0 Å². The maximum absolute atomic E-state index is 11.1. The average molecular weight is 261 g/mol. The lowest BCUT2D eigenvalue weighted by atomic mass is 9.97. The third-order valence-corrected chi connectivity index (χ3v) is 2.63. The summed E-state index contributed by atoms with van der Waals surface area (Å²) in [5.41, 5.74) is -0.632. The molecule has 0 fully saturated rings. The van der Waals surface area contributed by atoms with Gasteiger partial charge in [-0.2, -0.15) is 0 Å². The summed E-state index contributed by atoms with van der Waals surface area (Å²) in [6.45, 7) is 11.0.